The normalized spacial score (nSPS) is 23.7. The highest BCUT2D eigenvalue weighted by Crippen LogP contribution is 2.42. The highest BCUT2D eigenvalue weighted by Gasteiger charge is 2.30. The van der Waals surface area contributed by atoms with E-state index in [1.54, 1.807) is 0 Å². The minimum Gasteiger partial charge on any atom is -0.381 e. The Morgan fingerprint density at radius 1 is 1.00 bits per heavy atom. The number of hydrogen-bond acceptors (Lipinski definition) is 3. The second-order valence-corrected chi connectivity index (χ2v) is 8.08. The van der Waals surface area contributed by atoms with Crippen molar-refractivity contribution in [1.82, 2.24) is 14.5 Å². The molecular weight excluding hydrogens is 333 g/mol. The van der Waals surface area contributed by atoms with Crippen LogP contribution in [0.5, 0.6) is 0 Å². The predicted octanol–water partition coefficient (Wildman–Crippen LogP) is 3.16. The van der Waals surface area contributed by atoms with Gasteiger partial charge in [-0.15, -0.1) is 0 Å². The topological polar surface area (TPSA) is 50.3 Å². The van der Waals surface area contributed by atoms with Gasteiger partial charge in [0, 0.05) is 38.4 Å². The van der Waals surface area contributed by atoms with E-state index in [4.69, 9.17) is 4.74 Å². The van der Waals surface area contributed by atoms with Crippen molar-refractivity contribution in [2.24, 2.45) is 0 Å². The van der Waals surface area contributed by atoms with Crippen LogP contribution >= 0.6 is 0 Å². The number of likely N-dealkylation sites (tertiary alicyclic amines) is 1. The van der Waals surface area contributed by atoms with Crippen LogP contribution in [0.4, 0.5) is 4.39 Å². The number of benzene rings is 1. The minimum absolute atomic E-state index is 0.100. The molecule has 3 heterocycles. The molecule has 6 heteroatoms. The summed E-state index contributed by atoms with van der Waals surface area (Å²) in [6.07, 6.45) is 6.28. The van der Waals surface area contributed by atoms with Gasteiger partial charge in [0.2, 0.25) is 0 Å². The number of nitrogens with one attached hydrogen (secondary N) is 1. The van der Waals surface area contributed by atoms with E-state index in [0.29, 0.717) is 17.5 Å². The Morgan fingerprint density at radius 2 is 1.73 bits per heavy atom. The van der Waals surface area contributed by atoms with Crippen LogP contribution in [0.15, 0.2) is 16.9 Å². The number of H-pyrrole nitrogens is 1. The maximum Gasteiger partial charge on any atom is 0.326 e. The van der Waals surface area contributed by atoms with Gasteiger partial charge in [-0.05, 0) is 62.1 Å². The molecule has 0 amide bonds. The fraction of sp³-hybridized carbons (Fsp3) is 0.650. The van der Waals surface area contributed by atoms with E-state index >= 15 is 0 Å². The Labute approximate surface area is 152 Å². The van der Waals surface area contributed by atoms with Gasteiger partial charge >= 0.3 is 5.69 Å². The summed E-state index contributed by atoms with van der Waals surface area (Å²) in [6.45, 7) is 3.76. The molecular formula is C20H26FN3O2. The highest BCUT2D eigenvalue weighted by atomic mass is 19.1. The molecule has 3 aliphatic rings. The zero-order valence-corrected chi connectivity index (χ0v) is 15.0. The van der Waals surface area contributed by atoms with Crippen LogP contribution in [-0.2, 0) is 4.74 Å². The van der Waals surface area contributed by atoms with Crippen molar-refractivity contribution >= 4 is 11.0 Å². The summed E-state index contributed by atoms with van der Waals surface area (Å²) < 4.78 is 21.7. The number of rotatable bonds is 3. The van der Waals surface area contributed by atoms with E-state index < -0.39 is 0 Å². The Morgan fingerprint density at radius 3 is 2.42 bits per heavy atom. The number of aromatic amines is 1. The molecule has 0 spiro atoms. The lowest BCUT2D eigenvalue weighted by Crippen LogP contribution is -2.45. The third-order valence-electron chi connectivity index (χ3n) is 6.42. The minimum atomic E-state index is -0.178. The van der Waals surface area contributed by atoms with Crippen molar-refractivity contribution in [3.63, 3.8) is 0 Å². The van der Waals surface area contributed by atoms with Gasteiger partial charge in [-0.2, -0.15) is 0 Å². The summed E-state index contributed by atoms with van der Waals surface area (Å²) in [6, 6.07) is 4.26. The second kappa shape index (κ2) is 6.50. The molecule has 0 radical (unpaired) electrons. The first-order valence-electron chi connectivity index (χ1n) is 9.96. The fourth-order valence-electron chi connectivity index (χ4n) is 4.79. The van der Waals surface area contributed by atoms with Crippen molar-refractivity contribution in [2.45, 2.75) is 56.5 Å². The van der Waals surface area contributed by atoms with Gasteiger partial charge in [0.1, 0.15) is 5.82 Å². The summed E-state index contributed by atoms with van der Waals surface area (Å²) in [7, 11) is 0. The Kier molecular flexibility index (Phi) is 4.13. The molecule has 0 bridgehead atoms. The van der Waals surface area contributed by atoms with Crippen LogP contribution in [0.3, 0.4) is 0 Å². The van der Waals surface area contributed by atoms with Crippen LogP contribution in [0.1, 0.15) is 56.0 Å². The summed E-state index contributed by atoms with van der Waals surface area (Å²) in [5, 5.41) is 0. The molecule has 2 aromatic rings. The first kappa shape index (κ1) is 16.5. The van der Waals surface area contributed by atoms with Crippen molar-refractivity contribution in [3.05, 3.63) is 34.0 Å². The summed E-state index contributed by atoms with van der Waals surface area (Å²) in [5.41, 5.74) is 2.19. The molecule has 0 unspecified atom stereocenters. The summed E-state index contributed by atoms with van der Waals surface area (Å²) >= 11 is 0. The predicted molar refractivity (Wildman–Crippen MR) is 98.2 cm³/mol. The van der Waals surface area contributed by atoms with E-state index in [1.165, 1.54) is 6.07 Å². The van der Waals surface area contributed by atoms with Crippen LogP contribution in [-0.4, -0.2) is 46.8 Å². The Balaban J connectivity index is 1.40. The number of fused-ring (bicyclic) bond motifs is 1. The smallest absolute Gasteiger partial charge is 0.326 e. The molecule has 1 N–H and O–H groups in total. The second-order valence-electron chi connectivity index (χ2n) is 8.08. The molecule has 1 aromatic heterocycles. The van der Waals surface area contributed by atoms with E-state index in [2.05, 4.69) is 9.88 Å². The molecule has 140 valence electrons. The van der Waals surface area contributed by atoms with Gasteiger partial charge in [-0.1, -0.05) is 0 Å². The third-order valence-corrected chi connectivity index (χ3v) is 6.42. The number of ether oxygens (including phenoxy) is 1. The van der Waals surface area contributed by atoms with Crippen molar-refractivity contribution in [1.29, 1.82) is 0 Å². The van der Waals surface area contributed by atoms with Gasteiger partial charge in [0.25, 0.3) is 0 Å². The Bertz CT molecular complexity index is 856. The lowest BCUT2D eigenvalue weighted by molar-refractivity contribution is 0.0220. The number of aromatic nitrogens is 2. The van der Waals surface area contributed by atoms with Crippen LogP contribution in [0.25, 0.3) is 11.0 Å². The zero-order valence-electron chi connectivity index (χ0n) is 15.0. The van der Waals surface area contributed by atoms with E-state index in [1.807, 2.05) is 10.6 Å². The van der Waals surface area contributed by atoms with Gasteiger partial charge in [0.05, 0.1) is 11.0 Å². The number of piperidine rings is 1. The molecule has 1 saturated carbocycles. The number of hydrogen-bond donors (Lipinski definition) is 1. The van der Waals surface area contributed by atoms with Crippen LogP contribution < -0.4 is 5.69 Å². The lowest BCUT2D eigenvalue weighted by Gasteiger charge is -2.39. The largest absolute Gasteiger partial charge is 0.381 e. The quantitative estimate of drug-likeness (QED) is 0.916. The maximum absolute atomic E-state index is 14.3. The van der Waals surface area contributed by atoms with Crippen LogP contribution in [0.2, 0.25) is 0 Å². The maximum atomic E-state index is 14.3. The fourth-order valence-corrected chi connectivity index (χ4v) is 4.79. The van der Waals surface area contributed by atoms with Gasteiger partial charge in [-0.25, -0.2) is 9.18 Å². The SMILES string of the molecule is O=c1[nH]c2cc(F)c(C3CC3)cc2n1C1CCN(C2CCOCC2)CC1. The number of halogens is 1. The van der Waals surface area contributed by atoms with E-state index in [9.17, 15) is 9.18 Å². The molecule has 26 heavy (non-hydrogen) atoms. The highest BCUT2D eigenvalue weighted by molar-refractivity contribution is 5.77. The molecule has 5 nitrogen and oxygen atoms in total. The summed E-state index contributed by atoms with van der Waals surface area (Å²) in [5.74, 6) is 0.163. The van der Waals surface area contributed by atoms with E-state index in [0.717, 1.165) is 75.9 Å². The molecule has 1 aromatic carbocycles. The third kappa shape index (κ3) is 2.89. The average molecular weight is 359 g/mol. The first-order chi connectivity index (χ1) is 12.7. The molecule has 5 rings (SSSR count). The average Bonchev–Trinajstić information content (AvgIpc) is 3.45. The van der Waals surface area contributed by atoms with Gasteiger partial charge in [0.15, 0.2) is 0 Å². The van der Waals surface area contributed by atoms with Crippen LogP contribution in [0, 0.1) is 5.82 Å². The van der Waals surface area contributed by atoms with Crippen molar-refractivity contribution < 1.29 is 9.13 Å². The lowest BCUT2D eigenvalue weighted by atomic mass is 9.99. The molecule has 2 saturated heterocycles. The van der Waals surface area contributed by atoms with Crippen molar-refractivity contribution in [3.8, 4) is 0 Å². The van der Waals surface area contributed by atoms with Crippen molar-refractivity contribution in [2.75, 3.05) is 26.3 Å². The summed E-state index contributed by atoms with van der Waals surface area (Å²) in [4.78, 5) is 18.0. The molecule has 1 aliphatic carbocycles. The number of imidazole rings is 1. The molecule has 0 atom stereocenters. The Hall–Kier alpha value is -1.66. The molecule has 2 aliphatic heterocycles. The number of nitrogens with zero attached hydrogens (tertiary/aromatic N) is 2. The standard InChI is InChI=1S/C20H26FN3O2/c21-17-12-18-19(11-16(17)13-1-2-13)24(20(25)22-18)15-3-7-23(8-4-15)14-5-9-26-10-6-14/h11-15H,1-10H2,(H,22,25). The monoisotopic (exact) mass is 359 g/mol. The van der Waals surface area contributed by atoms with Gasteiger partial charge in [-0.3, -0.25) is 4.57 Å². The zero-order chi connectivity index (χ0) is 17.7. The molecule has 3 fully saturated rings. The van der Waals surface area contributed by atoms with Gasteiger partial charge < -0.3 is 14.6 Å². The van der Waals surface area contributed by atoms with E-state index in [-0.39, 0.29) is 17.5 Å². The first-order valence-corrected chi connectivity index (χ1v) is 9.96.